The molecule has 3 aliphatic rings. The van der Waals surface area contributed by atoms with Crippen molar-refractivity contribution in [3.63, 3.8) is 0 Å². The summed E-state index contributed by atoms with van der Waals surface area (Å²) in [5.41, 5.74) is 0. The largest absolute Gasteiger partial charge is 0.480 e. The van der Waals surface area contributed by atoms with Gasteiger partial charge < -0.3 is 46.2 Å². The molecule has 21 nitrogen and oxygen atoms in total. The number of cyclic esters (lactones) is 1. The SMILES string of the molecule is O=C(O)CN1CCN(CC(=O)O)CCN(CC(=O)NCC(=O)NCC2CCC(C(=O)NCC(O)C3OC(=O)C(O)C3=O)CC2)CCN(CC(=O)O)CC1. The van der Waals surface area contributed by atoms with E-state index < -0.39 is 59.8 Å². The Labute approximate surface area is 305 Å². The van der Waals surface area contributed by atoms with Crippen molar-refractivity contribution in [2.24, 2.45) is 11.8 Å². The number of carboxylic acid groups (broad SMARTS) is 3. The number of amides is 3. The molecule has 3 amide bonds. The number of aliphatic hydroxyl groups is 2. The number of nitrogens with zero attached hydrogens (tertiary/aromatic N) is 4. The number of carbonyl (C=O) groups excluding carboxylic acids is 5. The summed E-state index contributed by atoms with van der Waals surface area (Å²) >= 11 is 0. The molecule has 1 aliphatic carbocycles. The van der Waals surface area contributed by atoms with Crippen molar-refractivity contribution in [3.8, 4) is 0 Å². The van der Waals surface area contributed by atoms with Crippen molar-refractivity contribution in [1.29, 1.82) is 0 Å². The van der Waals surface area contributed by atoms with Crippen LogP contribution >= 0.6 is 0 Å². The number of ketones is 1. The quantitative estimate of drug-likeness (QED) is 0.0539. The van der Waals surface area contributed by atoms with Crippen LogP contribution in [0.15, 0.2) is 0 Å². The summed E-state index contributed by atoms with van der Waals surface area (Å²) in [6.45, 7) is 0.689. The molecule has 2 saturated heterocycles. The molecule has 0 aromatic rings. The van der Waals surface area contributed by atoms with Gasteiger partial charge >= 0.3 is 23.9 Å². The molecular weight excluding hydrogens is 706 g/mol. The fourth-order valence-corrected chi connectivity index (χ4v) is 6.42. The molecule has 3 fully saturated rings. The molecule has 2 aliphatic heterocycles. The lowest BCUT2D eigenvalue weighted by atomic mass is 9.81. The molecule has 3 rings (SSSR count). The van der Waals surface area contributed by atoms with Crippen molar-refractivity contribution in [2.75, 3.05) is 98.2 Å². The van der Waals surface area contributed by atoms with E-state index in [1.54, 1.807) is 19.6 Å². The van der Waals surface area contributed by atoms with Crippen LogP contribution in [0, 0.1) is 11.8 Å². The van der Waals surface area contributed by atoms with Crippen molar-refractivity contribution in [1.82, 2.24) is 35.6 Å². The van der Waals surface area contributed by atoms with Crippen molar-refractivity contribution >= 4 is 47.4 Å². The number of hydrogen-bond donors (Lipinski definition) is 8. The first-order chi connectivity index (χ1) is 25.1. The molecule has 2 heterocycles. The van der Waals surface area contributed by atoms with Crippen LogP contribution in [0.3, 0.4) is 0 Å². The zero-order valence-electron chi connectivity index (χ0n) is 29.5. The third kappa shape index (κ3) is 15.3. The summed E-state index contributed by atoms with van der Waals surface area (Å²) in [4.78, 5) is 102. The topological polar surface area (TPSA) is 296 Å². The zero-order chi connectivity index (χ0) is 39.1. The van der Waals surface area contributed by atoms with Crippen LogP contribution in [-0.4, -0.2) is 209 Å². The number of aliphatic carboxylic acids is 3. The highest BCUT2D eigenvalue weighted by Crippen LogP contribution is 2.28. The highest BCUT2D eigenvalue weighted by Gasteiger charge is 2.46. The van der Waals surface area contributed by atoms with Crippen LogP contribution in [0.4, 0.5) is 0 Å². The number of esters is 1. The second-order valence-electron chi connectivity index (χ2n) is 13.6. The Balaban J connectivity index is 1.41. The Morgan fingerprint density at radius 3 is 1.53 bits per heavy atom. The number of nitrogens with one attached hydrogen (secondary N) is 3. The lowest BCUT2D eigenvalue weighted by molar-refractivity contribution is -0.150. The minimum Gasteiger partial charge on any atom is -0.480 e. The van der Waals surface area contributed by atoms with Crippen molar-refractivity contribution < 1.29 is 68.6 Å². The van der Waals surface area contributed by atoms with Gasteiger partial charge in [0.2, 0.25) is 29.6 Å². The molecule has 21 heteroatoms. The van der Waals surface area contributed by atoms with Crippen LogP contribution in [-0.2, 0) is 43.1 Å². The Hall–Kier alpha value is -4.28. The summed E-state index contributed by atoms with van der Waals surface area (Å²) in [5.74, 6) is -6.77. The first kappa shape index (κ1) is 43.1. The van der Waals surface area contributed by atoms with E-state index in [2.05, 4.69) is 20.7 Å². The Morgan fingerprint density at radius 2 is 1.11 bits per heavy atom. The number of carboxylic acids is 3. The predicted molar refractivity (Wildman–Crippen MR) is 180 cm³/mol. The van der Waals surface area contributed by atoms with Crippen LogP contribution in [0.25, 0.3) is 0 Å². The van der Waals surface area contributed by atoms with Crippen LogP contribution < -0.4 is 16.0 Å². The van der Waals surface area contributed by atoms with Crippen LogP contribution in [0.5, 0.6) is 0 Å². The predicted octanol–water partition coefficient (Wildman–Crippen LogP) is -5.17. The zero-order valence-corrected chi connectivity index (χ0v) is 29.5. The van der Waals surface area contributed by atoms with E-state index in [0.717, 1.165) is 0 Å². The monoisotopic (exact) mass is 757 g/mol. The molecule has 1 saturated carbocycles. The standard InChI is InChI=1S/C32H51N7O14/c40-22(30-28(49)29(50)32(52)53-30)14-35-31(51)21-3-1-20(2-4-21)13-33-23(41)15-34-24(42)16-36-5-7-37(17-25(43)44)9-11-39(19-27(47)48)12-10-38(8-6-36)18-26(45)46/h20-22,29-30,40,50H,1-19H2,(H,33,41)(H,34,42)(H,35,51)(H,43,44)(H,45,46)(H,47,48). The highest BCUT2D eigenvalue weighted by atomic mass is 16.6. The summed E-state index contributed by atoms with van der Waals surface area (Å²) in [6, 6.07) is 0. The third-order valence-corrected chi connectivity index (χ3v) is 9.48. The van der Waals surface area contributed by atoms with E-state index in [1.807, 2.05) is 0 Å². The number of aliphatic hydroxyl groups excluding tert-OH is 2. The second-order valence-corrected chi connectivity index (χ2v) is 13.6. The maximum Gasteiger partial charge on any atom is 0.343 e. The molecule has 3 atom stereocenters. The third-order valence-electron chi connectivity index (χ3n) is 9.48. The fourth-order valence-electron chi connectivity index (χ4n) is 6.42. The Kier molecular flexibility index (Phi) is 17.4. The smallest absolute Gasteiger partial charge is 0.343 e. The van der Waals surface area contributed by atoms with Gasteiger partial charge in [0.15, 0.2) is 6.10 Å². The van der Waals surface area contributed by atoms with Gasteiger partial charge in [-0.05, 0) is 31.6 Å². The highest BCUT2D eigenvalue weighted by molar-refractivity contribution is 6.09. The molecule has 0 aromatic carbocycles. The number of ether oxygens (including phenoxy) is 1. The summed E-state index contributed by atoms with van der Waals surface area (Å²) in [5, 5.41) is 55.5. The summed E-state index contributed by atoms with van der Waals surface area (Å²) in [7, 11) is 0. The molecule has 3 unspecified atom stereocenters. The summed E-state index contributed by atoms with van der Waals surface area (Å²) < 4.78 is 4.66. The van der Waals surface area contributed by atoms with Gasteiger partial charge in [0.05, 0.1) is 32.7 Å². The average Bonchev–Trinajstić information content (AvgIpc) is 3.36. The van der Waals surface area contributed by atoms with Gasteiger partial charge in [-0.2, -0.15) is 0 Å². The fraction of sp³-hybridized carbons (Fsp3) is 0.750. The second kappa shape index (κ2) is 21.4. The molecule has 8 N–H and O–H groups in total. The van der Waals surface area contributed by atoms with Gasteiger partial charge in [-0.1, -0.05) is 0 Å². The van der Waals surface area contributed by atoms with E-state index in [9.17, 15) is 63.9 Å². The molecule has 0 radical (unpaired) electrons. The maximum atomic E-state index is 12.9. The van der Waals surface area contributed by atoms with E-state index in [0.29, 0.717) is 32.2 Å². The molecule has 0 spiro atoms. The van der Waals surface area contributed by atoms with Crippen LogP contribution in [0.1, 0.15) is 25.7 Å². The summed E-state index contributed by atoms with van der Waals surface area (Å²) in [6.07, 6.45) is -2.71. The minimum atomic E-state index is -1.95. The van der Waals surface area contributed by atoms with E-state index >= 15 is 0 Å². The van der Waals surface area contributed by atoms with Crippen molar-refractivity contribution in [3.05, 3.63) is 0 Å². The molecular formula is C32H51N7O14. The molecule has 298 valence electrons. The first-order valence-electron chi connectivity index (χ1n) is 17.6. The number of carbonyl (C=O) groups is 8. The van der Waals surface area contributed by atoms with Crippen LogP contribution in [0.2, 0.25) is 0 Å². The van der Waals surface area contributed by atoms with E-state index in [-0.39, 0.29) is 109 Å². The lowest BCUT2D eigenvalue weighted by Crippen LogP contribution is -2.50. The van der Waals surface area contributed by atoms with Gasteiger partial charge in [0.25, 0.3) is 0 Å². The molecule has 0 bridgehead atoms. The Bertz CT molecular complexity index is 1300. The molecule has 53 heavy (non-hydrogen) atoms. The number of hydrogen-bond acceptors (Lipinski definition) is 15. The first-order valence-corrected chi connectivity index (χ1v) is 17.6. The lowest BCUT2D eigenvalue weighted by Gasteiger charge is -2.32. The van der Waals surface area contributed by atoms with Gasteiger partial charge in [-0.3, -0.25) is 53.2 Å². The Morgan fingerprint density at radius 1 is 0.660 bits per heavy atom. The normalized spacial score (nSPS) is 24.9. The molecule has 0 aromatic heterocycles. The van der Waals surface area contributed by atoms with Gasteiger partial charge in [-0.25, -0.2) is 4.79 Å². The number of Topliss-reactive ketones (excluding diaryl/α,β-unsaturated/α-hetero) is 1. The average molecular weight is 758 g/mol. The van der Waals surface area contributed by atoms with E-state index in [4.69, 9.17) is 0 Å². The van der Waals surface area contributed by atoms with Gasteiger partial charge in [0, 0.05) is 71.4 Å². The van der Waals surface area contributed by atoms with Gasteiger partial charge in [-0.15, -0.1) is 0 Å². The minimum absolute atomic E-state index is 0.0855. The van der Waals surface area contributed by atoms with Crippen molar-refractivity contribution in [2.45, 2.75) is 44.0 Å². The van der Waals surface area contributed by atoms with Gasteiger partial charge in [0.1, 0.15) is 6.10 Å². The maximum absolute atomic E-state index is 12.9. The number of rotatable bonds is 16. The van der Waals surface area contributed by atoms with E-state index in [1.165, 1.54) is 0 Å².